The summed E-state index contributed by atoms with van der Waals surface area (Å²) < 4.78 is 13.2. The molecule has 6 atom stereocenters. The molecule has 7 nitrogen and oxygen atoms in total. The minimum Gasteiger partial charge on any atom is -0.393 e. The quantitative estimate of drug-likeness (QED) is 0.280. The minimum atomic E-state index is -0.475. The number of hydrogen-bond donors (Lipinski definition) is 5. The van der Waals surface area contributed by atoms with Gasteiger partial charge in [-0.15, -0.1) is 0 Å². The fraction of sp³-hybridized carbons (Fsp3) is 1.00. The normalized spacial score (nSPS) is 45.9. The van der Waals surface area contributed by atoms with Crippen molar-refractivity contribution in [2.24, 2.45) is 23.7 Å². The van der Waals surface area contributed by atoms with Crippen LogP contribution in [0, 0.1) is 23.7 Å². The Balaban J connectivity index is 1.07. The summed E-state index contributed by atoms with van der Waals surface area (Å²) >= 11 is 0. The van der Waals surface area contributed by atoms with Crippen molar-refractivity contribution in [2.75, 3.05) is 0 Å². The lowest BCUT2D eigenvalue weighted by Crippen LogP contribution is -2.74. The molecule has 0 aromatic rings. The first kappa shape index (κ1) is 30.7. The van der Waals surface area contributed by atoms with Gasteiger partial charge in [-0.1, -0.05) is 45.4 Å². The van der Waals surface area contributed by atoms with Crippen molar-refractivity contribution in [1.29, 1.82) is 0 Å². The van der Waals surface area contributed by atoms with Gasteiger partial charge in [-0.3, -0.25) is 16.0 Å². The summed E-state index contributed by atoms with van der Waals surface area (Å²) in [6, 6.07) is 0. The molecule has 236 valence electrons. The first-order valence-electron chi connectivity index (χ1n) is 18.0. The lowest BCUT2D eigenvalue weighted by Gasteiger charge is -2.51. The molecule has 6 unspecified atom stereocenters. The van der Waals surface area contributed by atoms with Crippen LogP contribution >= 0.6 is 0 Å². The third-order valence-electron chi connectivity index (χ3n) is 12.0. The molecule has 6 aliphatic rings. The molecule has 41 heavy (non-hydrogen) atoms. The van der Waals surface area contributed by atoms with E-state index in [1.165, 1.54) is 116 Å². The Morgan fingerprint density at radius 2 is 0.902 bits per heavy atom. The van der Waals surface area contributed by atoms with Crippen LogP contribution in [-0.4, -0.2) is 65.3 Å². The number of hydrogen-bond acceptors (Lipinski definition) is 7. The average molecular weight is 576 g/mol. The maximum Gasteiger partial charge on any atom is 0.0652 e. The highest BCUT2D eigenvalue weighted by Crippen LogP contribution is 2.38. The van der Waals surface area contributed by atoms with E-state index in [2.05, 4.69) is 22.9 Å². The SMILES string of the molecule is CC1CC(O)CC(O)C1C1NC(C2CCC(OC3CCCCC3)CC2)NC(C2CCC(OC3CCCCC3)CC2)N1. The first-order chi connectivity index (χ1) is 20.0. The second kappa shape index (κ2) is 14.7. The van der Waals surface area contributed by atoms with Crippen LogP contribution < -0.4 is 16.0 Å². The maximum atomic E-state index is 11.1. The van der Waals surface area contributed by atoms with Crippen molar-refractivity contribution >= 4 is 0 Å². The van der Waals surface area contributed by atoms with Crippen molar-refractivity contribution in [3.05, 3.63) is 0 Å². The molecular weight excluding hydrogens is 514 g/mol. The number of aliphatic hydroxyl groups excluding tert-OH is 2. The summed E-state index contributed by atoms with van der Waals surface area (Å²) in [6.45, 7) is 2.22. The van der Waals surface area contributed by atoms with E-state index in [1.807, 2.05) is 0 Å². The van der Waals surface area contributed by atoms with E-state index < -0.39 is 6.10 Å². The predicted molar refractivity (Wildman–Crippen MR) is 162 cm³/mol. The monoisotopic (exact) mass is 575 g/mol. The van der Waals surface area contributed by atoms with Gasteiger partial charge in [0.2, 0.25) is 0 Å². The first-order valence-corrected chi connectivity index (χ1v) is 18.0. The predicted octanol–water partition coefficient (Wildman–Crippen LogP) is 5.33. The van der Waals surface area contributed by atoms with Crippen molar-refractivity contribution in [1.82, 2.24) is 16.0 Å². The van der Waals surface area contributed by atoms with E-state index in [1.54, 1.807) is 0 Å². The van der Waals surface area contributed by atoms with Gasteiger partial charge in [0.15, 0.2) is 0 Å². The lowest BCUT2D eigenvalue weighted by atomic mass is 9.74. The van der Waals surface area contributed by atoms with Gasteiger partial charge < -0.3 is 19.7 Å². The summed E-state index contributed by atoms with van der Waals surface area (Å²) in [4.78, 5) is 0. The molecule has 6 rings (SSSR count). The van der Waals surface area contributed by atoms with Crippen molar-refractivity contribution in [3.63, 3.8) is 0 Å². The highest BCUT2D eigenvalue weighted by Gasteiger charge is 2.45. The van der Waals surface area contributed by atoms with Crippen LogP contribution in [0.5, 0.6) is 0 Å². The summed E-state index contributed by atoms with van der Waals surface area (Å²) in [5, 5.41) is 33.5. The molecule has 5 aliphatic carbocycles. The van der Waals surface area contributed by atoms with E-state index in [0.29, 0.717) is 42.7 Å². The zero-order valence-electron chi connectivity index (χ0n) is 25.9. The summed E-state index contributed by atoms with van der Waals surface area (Å²) in [6.07, 6.45) is 25.4. The van der Waals surface area contributed by atoms with Crippen LogP contribution in [0.3, 0.4) is 0 Å². The Morgan fingerprint density at radius 1 is 0.488 bits per heavy atom. The molecule has 0 amide bonds. The van der Waals surface area contributed by atoms with Gasteiger partial charge in [0.1, 0.15) is 0 Å². The highest BCUT2D eigenvalue weighted by atomic mass is 16.5. The van der Waals surface area contributed by atoms with Crippen LogP contribution in [0.2, 0.25) is 0 Å². The summed E-state index contributed by atoms with van der Waals surface area (Å²) in [7, 11) is 0. The second-order valence-electron chi connectivity index (χ2n) is 15.0. The van der Waals surface area contributed by atoms with Gasteiger partial charge >= 0.3 is 0 Å². The van der Waals surface area contributed by atoms with Gasteiger partial charge in [-0.05, 0) is 108 Å². The largest absolute Gasteiger partial charge is 0.393 e. The molecule has 5 N–H and O–H groups in total. The maximum absolute atomic E-state index is 11.1. The van der Waals surface area contributed by atoms with E-state index in [-0.39, 0.29) is 36.4 Å². The Hall–Kier alpha value is -0.280. The van der Waals surface area contributed by atoms with Crippen molar-refractivity contribution in [2.45, 2.75) is 190 Å². The van der Waals surface area contributed by atoms with Gasteiger partial charge in [0.05, 0.1) is 55.1 Å². The van der Waals surface area contributed by atoms with Crippen LogP contribution in [0.1, 0.15) is 135 Å². The molecule has 6 fully saturated rings. The Labute approximate surface area is 249 Å². The number of rotatable bonds is 7. The van der Waals surface area contributed by atoms with Crippen molar-refractivity contribution < 1.29 is 19.7 Å². The topological polar surface area (TPSA) is 95.0 Å². The molecule has 1 aliphatic heterocycles. The zero-order valence-corrected chi connectivity index (χ0v) is 25.9. The molecule has 0 radical (unpaired) electrons. The summed E-state index contributed by atoms with van der Waals surface area (Å²) in [5.74, 6) is 1.56. The molecular formula is C34H61N3O4. The van der Waals surface area contributed by atoms with Crippen molar-refractivity contribution in [3.8, 4) is 0 Å². The molecule has 0 bridgehead atoms. The van der Waals surface area contributed by atoms with E-state index >= 15 is 0 Å². The molecule has 1 saturated heterocycles. The van der Waals surface area contributed by atoms with Gasteiger partial charge in [-0.25, -0.2) is 0 Å². The molecule has 0 spiro atoms. The highest BCUT2D eigenvalue weighted by molar-refractivity contribution is 4.99. The smallest absolute Gasteiger partial charge is 0.0652 e. The van der Waals surface area contributed by atoms with E-state index in [0.717, 1.165) is 6.42 Å². The number of aliphatic hydroxyl groups is 2. The van der Waals surface area contributed by atoms with E-state index in [9.17, 15) is 10.2 Å². The third-order valence-corrected chi connectivity index (χ3v) is 12.0. The van der Waals surface area contributed by atoms with Gasteiger partial charge in [0, 0.05) is 5.92 Å². The van der Waals surface area contributed by atoms with Crippen LogP contribution in [0.15, 0.2) is 0 Å². The van der Waals surface area contributed by atoms with E-state index in [4.69, 9.17) is 9.47 Å². The Bertz CT molecular complexity index is 714. The Morgan fingerprint density at radius 3 is 1.34 bits per heavy atom. The zero-order chi connectivity index (χ0) is 28.2. The average Bonchev–Trinajstić information content (AvgIpc) is 2.98. The van der Waals surface area contributed by atoms with Gasteiger partial charge in [-0.2, -0.15) is 0 Å². The van der Waals surface area contributed by atoms with Crippen LogP contribution in [0.4, 0.5) is 0 Å². The number of nitrogens with one attached hydrogen (secondary N) is 3. The number of ether oxygens (including phenoxy) is 2. The molecule has 0 aromatic carbocycles. The van der Waals surface area contributed by atoms with Crippen LogP contribution in [0.25, 0.3) is 0 Å². The standard InChI is InChI=1S/C34H61N3O4/c1-22-20-25(38)21-30(39)31(22)34-36-32(23-12-16-28(17-13-23)40-26-8-4-2-5-9-26)35-33(37-34)24-14-18-29(19-15-24)41-27-10-6-3-7-11-27/h22-39H,2-21H2,1H3. The minimum absolute atomic E-state index is 0.0659. The third kappa shape index (κ3) is 8.06. The van der Waals surface area contributed by atoms with Crippen LogP contribution in [-0.2, 0) is 9.47 Å². The van der Waals surface area contributed by atoms with Gasteiger partial charge in [0.25, 0.3) is 0 Å². The molecule has 1 heterocycles. The lowest BCUT2D eigenvalue weighted by molar-refractivity contribution is -0.0755. The fourth-order valence-electron chi connectivity index (χ4n) is 9.60. The molecule has 0 aromatic heterocycles. The molecule has 5 saturated carbocycles. The summed E-state index contributed by atoms with van der Waals surface area (Å²) in [5.41, 5.74) is 0. The Kier molecular flexibility index (Phi) is 11.0. The second-order valence-corrected chi connectivity index (χ2v) is 15.0. The molecule has 7 heteroatoms. The fourth-order valence-corrected chi connectivity index (χ4v) is 9.60.